The van der Waals surface area contributed by atoms with Crippen LogP contribution in [0.4, 0.5) is 0 Å². The molecule has 17 heavy (non-hydrogen) atoms. The summed E-state index contributed by atoms with van der Waals surface area (Å²) < 4.78 is 1.70. The van der Waals surface area contributed by atoms with E-state index in [1.165, 1.54) is 0 Å². The predicted molar refractivity (Wildman–Crippen MR) is 61.1 cm³/mol. The van der Waals surface area contributed by atoms with Crippen LogP contribution in [0.3, 0.4) is 0 Å². The van der Waals surface area contributed by atoms with Crippen LogP contribution in [0.2, 0.25) is 0 Å². The van der Waals surface area contributed by atoms with Gasteiger partial charge in [0, 0.05) is 12.7 Å². The maximum absolute atomic E-state index is 10.2. The van der Waals surface area contributed by atoms with Crippen molar-refractivity contribution in [1.29, 1.82) is 0 Å². The van der Waals surface area contributed by atoms with Crippen molar-refractivity contribution in [3.8, 4) is 0 Å². The number of nitrogens with zero attached hydrogens (tertiary/aromatic N) is 5. The minimum absolute atomic E-state index is 0.567. The Kier molecular flexibility index (Phi) is 3.43. The first-order valence-corrected chi connectivity index (χ1v) is 5.58. The highest BCUT2D eigenvalue weighted by Crippen LogP contribution is 2.18. The molecule has 0 aliphatic heterocycles. The molecule has 1 atom stereocenters. The molecule has 0 amide bonds. The third-order valence-corrected chi connectivity index (χ3v) is 2.44. The number of hydrogen-bond donors (Lipinski definition) is 1. The van der Waals surface area contributed by atoms with Gasteiger partial charge < -0.3 is 5.11 Å². The molecule has 0 radical (unpaired) electrons. The second kappa shape index (κ2) is 5.01. The second-order valence-electron chi connectivity index (χ2n) is 3.81. The van der Waals surface area contributed by atoms with Gasteiger partial charge in [-0.15, -0.1) is 5.10 Å². The molecule has 0 aliphatic carbocycles. The number of aliphatic hydroxyl groups is 1. The SMILES string of the molecule is CCCn1nncc1C(O)c1ccnc(C)n1. The first kappa shape index (κ1) is 11.7. The summed E-state index contributed by atoms with van der Waals surface area (Å²) in [6.45, 7) is 4.57. The minimum Gasteiger partial charge on any atom is -0.380 e. The fraction of sp³-hybridized carbons (Fsp3) is 0.455. The van der Waals surface area contributed by atoms with Crippen LogP contribution in [0.5, 0.6) is 0 Å². The van der Waals surface area contributed by atoms with Crippen molar-refractivity contribution in [2.24, 2.45) is 0 Å². The van der Waals surface area contributed by atoms with Gasteiger partial charge in [0.2, 0.25) is 0 Å². The summed E-state index contributed by atoms with van der Waals surface area (Å²) in [4.78, 5) is 8.20. The molecule has 2 aromatic rings. The Morgan fingerprint density at radius 1 is 1.47 bits per heavy atom. The summed E-state index contributed by atoms with van der Waals surface area (Å²) >= 11 is 0. The largest absolute Gasteiger partial charge is 0.380 e. The molecule has 0 aromatic carbocycles. The summed E-state index contributed by atoms with van der Waals surface area (Å²) in [5.74, 6) is 0.635. The smallest absolute Gasteiger partial charge is 0.139 e. The standard InChI is InChI=1S/C11H15N5O/c1-3-6-16-10(7-13-15-16)11(17)9-4-5-12-8(2)14-9/h4-5,7,11,17H,3,6H2,1-2H3. The number of rotatable bonds is 4. The first-order chi connectivity index (χ1) is 8.22. The van der Waals surface area contributed by atoms with Gasteiger partial charge in [-0.3, -0.25) is 0 Å². The molecular formula is C11H15N5O. The zero-order valence-corrected chi connectivity index (χ0v) is 9.91. The van der Waals surface area contributed by atoms with Gasteiger partial charge in [0.25, 0.3) is 0 Å². The van der Waals surface area contributed by atoms with Crippen molar-refractivity contribution >= 4 is 0 Å². The number of aliphatic hydroxyl groups excluding tert-OH is 1. The minimum atomic E-state index is -0.807. The van der Waals surface area contributed by atoms with Gasteiger partial charge in [-0.1, -0.05) is 12.1 Å². The van der Waals surface area contributed by atoms with Crippen molar-refractivity contribution in [1.82, 2.24) is 25.0 Å². The molecule has 6 heteroatoms. The average molecular weight is 233 g/mol. The zero-order chi connectivity index (χ0) is 12.3. The van der Waals surface area contributed by atoms with Gasteiger partial charge in [-0.2, -0.15) is 0 Å². The lowest BCUT2D eigenvalue weighted by Crippen LogP contribution is -2.11. The van der Waals surface area contributed by atoms with E-state index in [0.29, 0.717) is 17.2 Å². The predicted octanol–water partition coefficient (Wildman–Crippen LogP) is 0.868. The van der Waals surface area contributed by atoms with E-state index < -0.39 is 6.10 Å². The summed E-state index contributed by atoms with van der Waals surface area (Å²) in [6.07, 6.45) is 3.33. The molecule has 0 saturated carbocycles. The second-order valence-corrected chi connectivity index (χ2v) is 3.81. The Bertz CT molecular complexity index is 496. The molecule has 0 aliphatic rings. The van der Waals surface area contributed by atoms with Crippen LogP contribution in [0, 0.1) is 6.92 Å². The Balaban J connectivity index is 2.30. The molecule has 2 aromatic heterocycles. The van der Waals surface area contributed by atoms with Gasteiger partial charge in [0.1, 0.15) is 11.9 Å². The third kappa shape index (κ3) is 2.47. The van der Waals surface area contributed by atoms with Crippen LogP contribution < -0.4 is 0 Å². The van der Waals surface area contributed by atoms with Crippen LogP contribution in [0.25, 0.3) is 0 Å². The van der Waals surface area contributed by atoms with Crippen LogP contribution in [-0.2, 0) is 6.54 Å². The molecule has 1 N–H and O–H groups in total. The van der Waals surface area contributed by atoms with E-state index in [-0.39, 0.29) is 0 Å². The van der Waals surface area contributed by atoms with Crippen molar-refractivity contribution in [3.05, 3.63) is 35.7 Å². The lowest BCUT2D eigenvalue weighted by atomic mass is 10.2. The van der Waals surface area contributed by atoms with E-state index in [9.17, 15) is 5.11 Å². The maximum Gasteiger partial charge on any atom is 0.139 e. The molecule has 0 saturated heterocycles. The summed E-state index contributed by atoms with van der Waals surface area (Å²) in [6, 6.07) is 1.70. The first-order valence-electron chi connectivity index (χ1n) is 5.58. The topological polar surface area (TPSA) is 76.7 Å². The Labute approximate surface area is 99.3 Å². The lowest BCUT2D eigenvalue weighted by Gasteiger charge is -2.11. The van der Waals surface area contributed by atoms with Crippen LogP contribution in [0.1, 0.15) is 36.7 Å². The molecule has 2 heterocycles. The fourth-order valence-corrected chi connectivity index (χ4v) is 1.64. The van der Waals surface area contributed by atoms with E-state index in [4.69, 9.17) is 0 Å². The summed E-state index contributed by atoms with van der Waals surface area (Å²) in [5.41, 5.74) is 1.22. The van der Waals surface area contributed by atoms with Crippen molar-refractivity contribution in [3.63, 3.8) is 0 Å². The van der Waals surface area contributed by atoms with Crippen LogP contribution >= 0.6 is 0 Å². The van der Waals surface area contributed by atoms with Gasteiger partial charge in [0.15, 0.2) is 0 Å². The molecule has 6 nitrogen and oxygen atoms in total. The molecular weight excluding hydrogens is 218 g/mol. The van der Waals surface area contributed by atoms with Crippen molar-refractivity contribution in [2.45, 2.75) is 32.9 Å². The fourth-order valence-electron chi connectivity index (χ4n) is 1.64. The number of hydrogen-bond acceptors (Lipinski definition) is 5. The van der Waals surface area contributed by atoms with E-state index >= 15 is 0 Å². The molecule has 90 valence electrons. The van der Waals surface area contributed by atoms with E-state index in [1.54, 1.807) is 30.1 Å². The number of aryl methyl sites for hydroxylation is 2. The van der Waals surface area contributed by atoms with E-state index in [2.05, 4.69) is 20.3 Å². The molecule has 0 spiro atoms. The third-order valence-electron chi connectivity index (χ3n) is 2.44. The molecule has 1 unspecified atom stereocenters. The Morgan fingerprint density at radius 2 is 2.29 bits per heavy atom. The van der Waals surface area contributed by atoms with E-state index in [0.717, 1.165) is 13.0 Å². The van der Waals surface area contributed by atoms with E-state index in [1.807, 2.05) is 6.92 Å². The Hall–Kier alpha value is -1.82. The average Bonchev–Trinajstić information content (AvgIpc) is 2.77. The molecule has 0 bridgehead atoms. The van der Waals surface area contributed by atoms with Crippen molar-refractivity contribution < 1.29 is 5.11 Å². The van der Waals surface area contributed by atoms with Gasteiger partial charge in [-0.05, 0) is 19.4 Å². The monoisotopic (exact) mass is 233 g/mol. The highest BCUT2D eigenvalue weighted by molar-refractivity contribution is 5.16. The summed E-state index contributed by atoms with van der Waals surface area (Å²) in [5, 5.41) is 18.0. The number of aromatic nitrogens is 5. The Morgan fingerprint density at radius 3 is 3.00 bits per heavy atom. The normalized spacial score (nSPS) is 12.6. The van der Waals surface area contributed by atoms with Gasteiger partial charge in [0.05, 0.1) is 17.6 Å². The highest BCUT2D eigenvalue weighted by Gasteiger charge is 2.17. The van der Waals surface area contributed by atoms with Crippen LogP contribution in [-0.4, -0.2) is 30.1 Å². The lowest BCUT2D eigenvalue weighted by molar-refractivity contribution is 0.202. The highest BCUT2D eigenvalue weighted by atomic mass is 16.3. The van der Waals surface area contributed by atoms with Gasteiger partial charge >= 0.3 is 0 Å². The summed E-state index contributed by atoms with van der Waals surface area (Å²) in [7, 11) is 0. The molecule has 0 fully saturated rings. The van der Waals surface area contributed by atoms with Crippen molar-refractivity contribution in [2.75, 3.05) is 0 Å². The zero-order valence-electron chi connectivity index (χ0n) is 9.91. The van der Waals surface area contributed by atoms with Crippen LogP contribution in [0.15, 0.2) is 18.5 Å². The molecule has 2 rings (SSSR count). The van der Waals surface area contributed by atoms with Gasteiger partial charge in [-0.25, -0.2) is 14.6 Å². The quantitative estimate of drug-likeness (QED) is 0.847. The maximum atomic E-state index is 10.2.